The van der Waals surface area contributed by atoms with E-state index < -0.39 is 0 Å². The van der Waals surface area contributed by atoms with Crippen molar-refractivity contribution in [2.24, 2.45) is 0 Å². The summed E-state index contributed by atoms with van der Waals surface area (Å²) >= 11 is 0. The molecule has 90 valence electrons. The number of hydrogen-bond acceptors (Lipinski definition) is 2. The molecule has 0 aromatic rings. The van der Waals surface area contributed by atoms with E-state index in [9.17, 15) is 0 Å². The van der Waals surface area contributed by atoms with Crippen LogP contribution >= 0.6 is 0 Å². The van der Waals surface area contributed by atoms with Crippen molar-refractivity contribution < 1.29 is 0 Å². The molecule has 1 aliphatic heterocycles. The van der Waals surface area contributed by atoms with Crippen LogP contribution in [0.4, 0.5) is 0 Å². The van der Waals surface area contributed by atoms with Crippen LogP contribution in [-0.4, -0.2) is 37.1 Å². The van der Waals surface area contributed by atoms with E-state index in [0.29, 0.717) is 0 Å². The third-order valence-electron chi connectivity index (χ3n) is 3.39. The number of nitrogens with zero attached hydrogens (tertiary/aromatic N) is 1. The van der Waals surface area contributed by atoms with Crippen LogP contribution in [0, 0.1) is 0 Å². The molecule has 1 rings (SSSR count). The Hall–Kier alpha value is -0.0800. The quantitative estimate of drug-likeness (QED) is 0.622. The first-order valence-corrected chi connectivity index (χ1v) is 6.83. The van der Waals surface area contributed by atoms with E-state index in [4.69, 9.17) is 0 Å². The van der Waals surface area contributed by atoms with Gasteiger partial charge >= 0.3 is 0 Å². The zero-order chi connectivity index (χ0) is 10.9. The van der Waals surface area contributed by atoms with Crippen LogP contribution in [0.15, 0.2) is 0 Å². The molecule has 1 heterocycles. The first-order valence-electron chi connectivity index (χ1n) is 6.83. The van der Waals surface area contributed by atoms with Crippen molar-refractivity contribution in [2.75, 3.05) is 26.2 Å². The summed E-state index contributed by atoms with van der Waals surface area (Å²) in [6, 6.07) is 0.827. The summed E-state index contributed by atoms with van der Waals surface area (Å²) in [5.74, 6) is 0. The molecule has 0 unspecified atom stereocenters. The summed E-state index contributed by atoms with van der Waals surface area (Å²) in [7, 11) is 0. The Morgan fingerprint density at radius 3 is 2.73 bits per heavy atom. The summed E-state index contributed by atoms with van der Waals surface area (Å²) in [4.78, 5) is 2.68. The zero-order valence-electron chi connectivity index (χ0n) is 10.6. The first kappa shape index (κ1) is 13.0. The molecular formula is C13H28N2. The minimum Gasteiger partial charge on any atom is -0.315 e. The molecule has 0 aromatic carbocycles. The van der Waals surface area contributed by atoms with Gasteiger partial charge in [0, 0.05) is 12.6 Å². The molecule has 1 atom stereocenters. The maximum absolute atomic E-state index is 3.59. The minimum atomic E-state index is 0.827. The van der Waals surface area contributed by atoms with Crippen molar-refractivity contribution in [2.45, 2.75) is 58.4 Å². The van der Waals surface area contributed by atoms with Gasteiger partial charge in [0.1, 0.15) is 0 Å². The molecule has 0 aliphatic carbocycles. The molecule has 0 amide bonds. The normalized spacial score (nSPS) is 22.4. The summed E-state index contributed by atoms with van der Waals surface area (Å²) < 4.78 is 0. The minimum absolute atomic E-state index is 0.827. The van der Waals surface area contributed by atoms with Crippen molar-refractivity contribution in [1.82, 2.24) is 10.2 Å². The zero-order valence-corrected chi connectivity index (χ0v) is 10.6. The summed E-state index contributed by atoms with van der Waals surface area (Å²) in [6.45, 7) is 9.60. The van der Waals surface area contributed by atoms with E-state index in [1.165, 1.54) is 64.7 Å². The van der Waals surface area contributed by atoms with Gasteiger partial charge in [-0.05, 0) is 45.3 Å². The fourth-order valence-corrected chi connectivity index (χ4v) is 2.35. The molecule has 1 saturated heterocycles. The molecule has 2 heteroatoms. The molecule has 1 N–H and O–H groups in total. The van der Waals surface area contributed by atoms with Crippen molar-refractivity contribution >= 4 is 0 Å². The van der Waals surface area contributed by atoms with E-state index in [1.54, 1.807) is 0 Å². The second-order valence-corrected chi connectivity index (χ2v) is 4.74. The van der Waals surface area contributed by atoms with E-state index >= 15 is 0 Å². The number of hydrogen-bond donors (Lipinski definition) is 1. The average molecular weight is 212 g/mol. The number of unbranched alkanes of at least 4 members (excludes halogenated alkanes) is 2. The van der Waals surface area contributed by atoms with Crippen LogP contribution in [0.25, 0.3) is 0 Å². The van der Waals surface area contributed by atoms with Crippen molar-refractivity contribution in [3.05, 3.63) is 0 Å². The Morgan fingerprint density at radius 1 is 1.20 bits per heavy atom. The van der Waals surface area contributed by atoms with E-state index in [-0.39, 0.29) is 0 Å². The van der Waals surface area contributed by atoms with Gasteiger partial charge in [0.2, 0.25) is 0 Å². The van der Waals surface area contributed by atoms with E-state index in [1.807, 2.05) is 0 Å². The lowest BCUT2D eigenvalue weighted by Gasteiger charge is -2.24. The fraction of sp³-hybridized carbons (Fsp3) is 1.00. The molecule has 1 aliphatic rings. The van der Waals surface area contributed by atoms with Crippen molar-refractivity contribution in [3.8, 4) is 0 Å². The second kappa shape index (κ2) is 8.12. The Kier molecular flexibility index (Phi) is 7.03. The predicted molar refractivity (Wildman–Crippen MR) is 67.3 cm³/mol. The Morgan fingerprint density at radius 2 is 2.00 bits per heavy atom. The van der Waals surface area contributed by atoms with E-state index in [0.717, 1.165) is 6.04 Å². The first-order chi connectivity index (χ1) is 7.38. The summed E-state index contributed by atoms with van der Waals surface area (Å²) in [5.41, 5.74) is 0. The molecule has 2 nitrogen and oxygen atoms in total. The van der Waals surface area contributed by atoms with Gasteiger partial charge in [-0.25, -0.2) is 0 Å². The van der Waals surface area contributed by atoms with Crippen LogP contribution in [0.1, 0.15) is 52.4 Å². The third-order valence-corrected chi connectivity index (χ3v) is 3.39. The highest BCUT2D eigenvalue weighted by molar-refractivity contribution is 4.80. The number of likely N-dealkylation sites (tertiary alicyclic amines) is 1. The van der Waals surface area contributed by atoms with Crippen LogP contribution in [-0.2, 0) is 0 Å². The lowest BCUT2D eigenvalue weighted by molar-refractivity contribution is 0.244. The Bertz CT molecular complexity index is 147. The molecule has 0 spiro atoms. The lowest BCUT2D eigenvalue weighted by Crippen LogP contribution is -2.38. The average Bonchev–Trinajstić information content (AvgIpc) is 2.69. The SMILES string of the molecule is CCCCNC[C@@H]1CCCN1CCCC. The van der Waals surface area contributed by atoms with Crippen LogP contribution in [0.2, 0.25) is 0 Å². The van der Waals surface area contributed by atoms with Gasteiger partial charge in [0.15, 0.2) is 0 Å². The summed E-state index contributed by atoms with van der Waals surface area (Å²) in [5, 5.41) is 3.59. The summed E-state index contributed by atoms with van der Waals surface area (Å²) in [6.07, 6.45) is 8.13. The number of rotatable bonds is 8. The molecule has 0 aromatic heterocycles. The highest BCUT2D eigenvalue weighted by Gasteiger charge is 2.22. The second-order valence-electron chi connectivity index (χ2n) is 4.74. The standard InChI is InChI=1S/C13H28N2/c1-3-5-9-14-12-13-8-7-11-15(13)10-6-4-2/h13-14H,3-12H2,1-2H3/t13-/m0/s1. The highest BCUT2D eigenvalue weighted by atomic mass is 15.2. The van der Waals surface area contributed by atoms with Gasteiger partial charge in [-0.15, -0.1) is 0 Å². The van der Waals surface area contributed by atoms with Crippen LogP contribution in [0.5, 0.6) is 0 Å². The van der Waals surface area contributed by atoms with Gasteiger partial charge in [-0.2, -0.15) is 0 Å². The van der Waals surface area contributed by atoms with E-state index in [2.05, 4.69) is 24.1 Å². The van der Waals surface area contributed by atoms with Gasteiger partial charge in [-0.1, -0.05) is 26.7 Å². The maximum atomic E-state index is 3.59. The number of nitrogens with one attached hydrogen (secondary N) is 1. The Balaban J connectivity index is 2.09. The van der Waals surface area contributed by atoms with Crippen molar-refractivity contribution in [3.63, 3.8) is 0 Å². The van der Waals surface area contributed by atoms with Gasteiger partial charge < -0.3 is 5.32 Å². The molecule has 0 saturated carbocycles. The molecular weight excluding hydrogens is 184 g/mol. The molecule has 1 fully saturated rings. The largest absolute Gasteiger partial charge is 0.315 e. The lowest BCUT2D eigenvalue weighted by atomic mass is 10.2. The molecule has 15 heavy (non-hydrogen) atoms. The van der Waals surface area contributed by atoms with Crippen molar-refractivity contribution in [1.29, 1.82) is 0 Å². The maximum Gasteiger partial charge on any atom is 0.0221 e. The van der Waals surface area contributed by atoms with Gasteiger partial charge in [0.25, 0.3) is 0 Å². The Labute approximate surface area is 95.4 Å². The van der Waals surface area contributed by atoms with Gasteiger partial charge in [0.05, 0.1) is 0 Å². The van der Waals surface area contributed by atoms with Crippen LogP contribution < -0.4 is 5.32 Å². The third kappa shape index (κ3) is 4.98. The van der Waals surface area contributed by atoms with Gasteiger partial charge in [-0.3, -0.25) is 4.90 Å². The topological polar surface area (TPSA) is 15.3 Å². The highest BCUT2D eigenvalue weighted by Crippen LogP contribution is 2.16. The predicted octanol–water partition coefficient (Wildman–Crippen LogP) is 2.64. The van der Waals surface area contributed by atoms with Crippen LogP contribution in [0.3, 0.4) is 0 Å². The molecule has 0 bridgehead atoms. The smallest absolute Gasteiger partial charge is 0.0221 e. The fourth-order valence-electron chi connectivity index (χ4n) is 2.35. The molecule has 0 radical (unpaired) electrons. The monoisotopic (exact) mass is 212 g/mol.